The maximum atomic E-state index is 13.8. The molecule has 212 valence electrons. The van der Waals surface area contributed by atoms with E-state index in [9.17, 15) is 27.9 Å². The van der Waals surface area contributed by atoms with Crippen LogP contribution in [0.25, 0.3) is 10.8 Å². The molecule has 0 heterocycles. The molecule has 0 radical (unpaired) electrons. The van der Waals surface area contributed by atoms with Crippen molar-refractivity contribution in [1.82, 2.24) is 5.32 Å². The van der Waals surface area contributed by atoms with Gasteiger partial charge in [-0.25, -0.2) is 4.79 Å². The fourth-order valence-electron chi connectivity index (χ4n) is 4.93. The van der Waals surface area contributed by atoms with Crippen LogP contribution < -0.4 is 10.1 Å². The van der Waals surface area contributed by atoms with Crippen molar-refractivity contribution in [1.29, 1.82) is 0 Å². The van der Waals surface area contributed by atoms with Gasteiger partial charge in [-0.05, 0) is 40.3 Å². The van der Waals surface area contributed by atoms with Crippen LogP contribution in [0.3, 0.4) is 0 Å². The number of rotatable bonds is 9. The molecule has 0 aliphatic rings. The number of carbonyl (C=O) groups excluding carboxylic acids is 1. The maximum Gasteiger partial charge on any atom is 0.416 e. The van der Waals surface area contributed by atoms with E-state index in [0.717, 1.165) is 17.5 Å². The van der Waals surface area contributed by atoms with E-state index in [1.807, 2.05) is 72.8 Å². The minimum absolute atomic E-state index is 0.103. The van der Waals surface area contributed by atoms with Gasteiger partial charge in [0.25, 0.3) is 5.91 Å². The quantitative estimate of drug-likeness (QED) is 0.193. The Morgan fingerprint density at radius 2 is 1.31 bits per heavy atom. The number of carboxylic acid groups (broad SMARTS) is 1. The van der Waals surface area contributed by atoms with Crippen molar-refractivity contribution in [2.45, 2.75) is 24.7 Å². The zero-order chi connectivity index (χ0) is 29.7. The number of carbonyl (C=O) groups is 2. The van der Waals surface area contributed by atoms with Crippen molar-refractivity contribution >= 4 is 22.6 Å². The molecule has 5 rings (SSSR count). The van der Waals surface area contributed by atoms with Gasteiger partial charge in [0.05, 0.1) is 11.1 Å². The molecule has 0 unspecified atom stereocenters. The average Bonchev–Trinajstić information content (AvgIpc) is 3.00. The highest BCUT2D eigenvalue weighted by Gasteiger charge is 2.33. The number of alkyl halides is 3. The van der Waals surface area contributed by atoms with Gasteiger partial charge in [-0.15, -0.1) is 0 Å². The molecule has 8 heteroatoms. The van der Waals surface area contributed by atoms with E-state index in [0.29, 0.717) is 22.1 Å². The van der Waals surface area contributed by atoms with Crippen molar-refractivity contribution in [3.63, 3.8) is 0 Å². The third-order valence-corrected chi connectivity index (χ3v) is 6.99. The van der Waals surface area contributed by atoms with Gasteiger partial charge in [-0.1, -0.05) is 103 Å². The van der Waals surface area contributed by atoms with Crippen LogP contribution >= 0.6 is 0 Å². The van der Waals surface area contributed by atoms with Crippen LogP contribution in [-0.4, -0.2) is 23.0 Å². The fraction of sp³-hybridized carbons (Fsp3) is 0.118. The summed E-state index contributed by atoms with van der Waals surface area (Å²) < 4.78 is 45.1. The standard InChI is InChI=1S/C34H26F3NO4/c35-34(36,37)26-18-15-22(16-19-26)21-42-31-27-14-8-7-9-23(27)17-20-28(31)32(39)38-30(33(40)41)29(24-10-3-1-4-11-24)25-12-5-2-6-13-25/h1-20,29-30H,21H2,(H,38,39)(H,40,41)/t30-/m0/s1. The molecule has 2 N–H and O–H groups in total. The Labute approximate surface area is 240 Å². The summed E-state index contributed by atoms with van der Waals surface area (Å²) in [5.41, 5.74) is 1.23. The van der Waals surface area contributed by atoms with Gasteiger partial charge >= 0.3 is 12.1 Å². The molecule has 0 bridgehead atoms. The first-order valence-corrected chi connectivity index (χ1v) is 13.2. The summed E-state index contributed by atoms with van der Waals surface area (Å²) >= 11 is 0. The second-order valence-corrected chi connectivity index (χ2v) is 9.74. The number of carboxylic acids is 1. The van der Waals surface area contributed by atoms with Gasteiger partial charge in [0.1, 0.15) is 18.4 Å². The van der Waals surface area contributed by atoms with Crippen molar-refractivity contribution in [2.75, 3.05) is 0 Å². The molecule has 0 aliphatic carbocycles. The van der Waals surface area contributed by atoms with Crippen molar-refractivity contribution in [3.8, 4) is 5.75 Å². The third kappa shape index (κ3) is 6.28. The van der Waals surface area contributed by atoms with Crippen molar-refractivity contribution in [3.05, 3.63) is 149 Å². The monoisotopic (exact) mass is 569 g/mol. The molecule has 0 spiro atoms. The van der Waals surface area contributed by atoms with Crippen LogP contribution in [-0.2, 0) is 17.6 Å². The summed E-state index contributed by atoms with van der Waals surface area (Å²) in [6.45, 7) is -0.106. The van der Waals surface area contributed by atoms with Crippen LogP contribution in [0.15, 0.2) is 121 Å². The summed E-state index contributed by atoms with van der Waals surface area (Å²) in [5, 5.41) is 14.4. The Kier molecular flexibility index (Phi) is 8.24. The number of hydrogen-bond acceptors (Lipinski definition) is 3. The van der Waals surface area contributed by atoms with E-state index in [2.05, 4.69) is 5.32 Å². The number of nitrogens with one attached hydrogen (secondary N) is 1. The molecule has 5 nitrogen and oxygen atoms in total. The Morgan fingerprint density at radius 1 is 0.738 bits per heavy atom. The van der Waals surface area contributed by atoms with E-state index in [4.69, 9.17) is 4.74 Å². The molecule has 1 amide bonds. The lowest BCUT2D eigenvalue weighted by Crippen LogP contribution is -2.45. The summed E-state index contributed by atoms with van der Waals surface area (Å²) in [6.07, 6.45) is -4.46. The molecule has 42 heavy (non-hydrogen) atoms. The predicted octanol–water partition coefficient (Wildman–Crippen LogP) is 7.45. The first kappa shape index (κ1) is 28.4. The number of aliphatic carboxylic acids is 1. The number of hydrogen-bond donors (Lipinski definition) is 2. The lowest BCUT2D eigenvalue weighted by atomic mass is 9.84. The lowest BCUT2D eigenvalue weighted by molar-refractivity contribution is -0.139. The summed E-state index contributed by atoms with van der Waals surface area (Å²) in [7, 11) is 0. The van der Waals surface area contributed by atoms with Crippen molar-refractivity contribution < 1.29 is 32.6 Å². The lowest BCUT2D eigenvalue weighted by Gasteiger charge is -2.26. The van der Waals surface area contributed by atoms with E-state index >= 15 is 0 Å². The topological polar surface area (TPSA) is 75.6 Å². The molecule has 0 fully saturated rings. The molecule has 0 aliphatic heterocycles. The molecule has 0 saturated heterocycles. The number of fused-ring (bicyclic) bond motifs is 1. The zero-order valence-corrected chi connectivity index (χ0v) is 22.2. The van der Waals surface area contributed by atoms with E-state index in [-0.39, 0.29) is 17.9 Å². The zero-order valence-electron chi connectivity index (χ0n) is 22.2. The van der Waals surface area contributed by atoms with Gasteiger partial charge < -0.3 is 15.2 Å². The second kappa shape index (κ2) is 12.2. The van der Waals surface area contributed by atoms with Crippen LogP contribution in [0.5, 0.6) is 5.75 Å². The normalized spacial score (nSPS) is 12.2. The first-order chi connectivity index (χ1) is 20.2. The van der Waals surface area contributed by atoms with E-state index < -0.39 is 35.6 Å². The van der Waals surface area contributed by atoms with Crippen LogP contribution in [0.2, 0.25) is 0 Å². The van der Waals surface area contributed by atoms with Gasteiger partial charge in [-0.3, -0.25) is 4.79 Å². The van der Waals surface area contributed by atoms with Gasteiger partial charge in [0.2, 0.25) is 0 Å². The van der Waals surface area contributed by atoms with Gasteiger partial charge in [0.15, 0.2) is 0 Å². The molecule has 0 saturated carbocycles. The predicted molar refractivity (Wildman–Crippen MR) is 153 cm³/mol. The number of halogens is 3. The summed E-state index contributed by atoms with van der Waals surface area (Å²) in [5.74, 6) is -2.36. The number of amides is 1. The smallest absolute Gasteiger partial charge is 0.416 e. The minimum Gasteiger partial charge on any atom is -0.487 e. The summed E-state index contributed by atoms with van der Waals surface area (Å²) in [6, 6.07) is 31.9. The highest BCUT2D eigenvalue weighted by molar-refractivity contribution is 6.05. The third-order valence-electron chi connectivity index (χ3n) is 6.99. The Morgan fingerprint density at radius 3 is 1.88 bits per heavy atom. The Hall–Kier alpha value is -5.11. The Balaban J connectivity index is 1.49. The van der Waals surface area contributed by atoms with E-state index in [1.54, 1.807) is 24.3 Å². The largest absolute Gasteiger partial charge is 0.487 e. The highest BCUT2D eigenvalue weighted by Crippen LogP contribution is 2.33. The van der Waals surface area contributed by atoms with Crippen LogP contribution in [0.4, 0.5) is 13.2 Å². The maximum absolute atomic E-state index is 13.8. The average molecular weight is 570 g/mol. The number of benzene rings is 5. The minimum atomic E-state index is -4.46. The molecular formula is C34H26F3NO4. The summed E-state index contributed by atoms with van der Waals surface area (Å²) in [4.78, 5) is 26.4. The van der Waals surface area contributed by atoms with Crippen molar-refractivity contribution in [2.24, 2.45) is 0 Å². The first-order valence-electron chi connectivity index (χ1n) is 13.2. The Bertz CT molecular complexity index is 1650. The molecule has 5 aromatic carbocycles. The fourth-order valence-corrected chi connectivity index (χ4v) is 4.93. The second-order valence-electron chi connectivity index (χ2n) is 9.74. The van der Waals surface area contributed by atoms with Gasteiger partial charge in [0, 0.05) is 11.3 Å². The van der Waals surface area contributed by atoms with E-state index in [1.165, 1.54) is 12.1 Å². The number of ether oxygens (including phenoxy) is 1. The molecule has 5 aromatic rings. The highest BCUT2D eigenvalue weighted by atomic mass is 19.4. The SMILES string of the molecule is O=C(N[C@H](C(=O)O)C(c1ccccc1)c1ccccc1)c1ccc2ccccc2c1OCc1ccc(C(F)(F)F)cc1. The van der Waals surface area contributed by atoms with Crippen LogP contribution in [0.1, 0.15) is 38.5 Å². The molecule has 1 atom stereocenters. The van der Waals surface area contributed by atoms with Gasteiger partial charge in [-0.2, -0.15) is 13.2 Å². The molecule has 0 aromatic heterocycles. The molecular weight excluding hydrogens is 543 g/mol. The van der Waals surface area contributed by atoms with Crippen LogP contribution in [0, 0.1) is 0 Å².